The predicted molar refractivity (Wildman–Crippen MR) is 134 cm³/mol. The van der Waals surface area contributed by atoms with Crippen molar-refractivity contribution in [2.45, 2.75) is 0 Å². The van der Waals surface area contributed by atoms with Crippen LogP contribution in [0.3, 0.4) is 0 Å². The standard InChI is InChI=1S/C28H28N3/c1-29(2)20-13-15-24-26(17-20)31(5)27-18-21(30(3)4)14-16-25(27)28(24)23-12-8-10-19-9-6-7-11-22(19)23/h6-18H,1-5H3/q+1. The molecule has 0 saturated heterocycles. The smallest absolute Gasteiger partial charge is 0.215 e. The van der Waals surface area contributed by atoms with Crippen LogP contribution in [0, 0.1) is 0 Å². The van der Waals surface area contributed by atoms with Crippen molar-refractivity contribution in [1.82, 2.24) is 0 Å². The summed E-state index contributed by atoms with van der Waals surface area (Å²) in [5.74, 6) is 0. The summed E-state index contributed by atoms with van der Waals surface area (Å²) >= 11 is 0. The molecule has 0 aliphatic rings. The molecule has 0 atom stereocenters. The molecule has 0 saturated carbocycles. The molecule has 3 heteroatoms. The molecule has 0 bridgehead atoms. The molecule has 4 aromatic carbocycles. The third kappa shape index (κ3) is 3.09. The number of rotatable bonds is 3. The zero-order valence-electron chi connectivity index (χ0n) is 18.8. The van der Waals surface area contributed by atoms with Gasteiger partial charge in [0.1, 0.15) is 7.05 Å². The minimum Gasteiger partial charge on any atom is -0.377 e. The van der Waals surface area contributed by atoms with E-state index in [0.717, 1.165) is 0 Å². The molecule has 154 valence electrons. The molecule has 1 aromatic heterocycles. The zero-order chi connectivity index (χ0) is 21.7. The number of hydrogen-bond acceptors (Lipinski definition) is 2. The van der Waals surface area contributed by atoms with E-state index in [2.05, 4.69) is 128 Å². The second-order valence-electron chi connectivity index (χ2n) is 8.65. The minimum atomic E-state index is 1.20. The molecular weight excluding hydrogens is 378 g/mol. The molecule has 31 heavy (non-hydrogen) atoms. The lowest BCUT2D eigenvalue weighted by atomic mass is 9.91. The Hall–Kier alpha value is -3.59. The number of nitrogens with zero attached hydrogens (tertiary/aromatic N) is 3. The first-order valence-electron chi connectivity index (χ1n) is 10.7. The highest BCUT2D eigenvalue weighted by Crippen LogP contribution is 2.39. The molecule has 0 spiro atoms. The van der Waals surface area contributed by atoms with Gasteiger partial charge in [-0.15, -0.1) is 0 Å². The van der Waals surface area contributed by atoms with E-state index in [1.807, 2.05) is 0 Å². The average Bonchev–Trinajstić information content (AvgIpc) is 2.78. The van der Waals surface area contributed by atoms with Gasteiger partial charge < -0.3 is 9.80 Å². The summed E-state index contributed by atoms with van der Waals surface area (Å²) in [7, 11) is 10.6. The molecule has 0 aliphatic carbocycles. The first kappa shape index (κ1) is 19.4. The van der Waals surface area contributed by atoms with E-state index in [0.29, 0.717) is 0 Å². The molecule has 1 heterocycles. The molecule has 0 aliphatic heterocycles. The van der Waals surface area contributed by atoms with Gasteiger partial charge in [0.15, 0.2) is 0 Å². The highest BCUT2D eigenvalue weighted by molar-refractivity contribution is 6.13. The van der Waals surface area contributed by atoms with Gasteiger partial charge in [0.2, 0.25) is 11.0 Å². The van der Waals surface area contributed by atoms with Crippen molar-refractivity contribution in [2.75, 3.05) is 38.0 Å². The van der Waals surface area contributed by atoms with Gasteiger partial charge in [0.05, 0.1) is 10.8 Å². The van der Waals surface area contributed by atoms with Gasteiger partial charge in [0.25, 0.3) is 0 Å². The first-order chi connectivity index (χ1) is 15.0. The lowest BCUT2D eigenvalue weighted by Crippen LogP contribution is -2.31. The first-order valence-corrected chi connectivity index (χ1v) is 10.7. The summed E-state index contributed by atoms with van der Waals surface area (Å²) in [6.07, 6.45) is 0. The summed E-state index contributed by atoms with van der Waals surface area (Å²) in [6.45, 7) is 0. The Balaban J connectivity index is 1.99. The van der Waals surface area contributed by atoms with E-state index >= 15 is 0 Å². The minimum absolute atomic E-state index is 1.20. The normalized spacial score (nSPS) is 11.4. The molecule has 0 radical (unpaired) electrons. The maximum Gasteiger partial charge on any atom is 0.215 e. The Kier molecular flexibility index (Phi) is 4.55. The summed E-state index contributed by atoms with van der Waals surface area (Å²) in [5, 5.41) is 5.10. The monoisotopic (exact) mass is 406 g/mol. The van der Waals surface area contributed by atoms with Crippen molar-refractivity contribution in [2.24, 2.45) is 7.05 Å². The summed E-state index contributed by atoms with van der Waals surface area (Å²) in [5.41, 5.74) is 7.46. The molecule has 5 rings (SSSR count). The largest absolute Gasteiger partial charge is 0.377 e. The second-order valence-corrected chi connectivity index (χ2v) is 8.65. The number of aryl methyl sites for hydroxylation is 1. The molecule has 0 unspecified atom stereocenters. The van der Waals surface area contributed by atoms with Crippen LogP contribution in [0.15, 0.2) is 78.9 Å². The average molecular weight is 407 g/mol. The molecule has 0 fully saturated rings. The van der Waals surface area contributed by atoms with Gasteiger partial charge in [-0.25, -0.2) is 0 Å². The molecule has 5 aromatic rings. The van der Waals surface area contributed by atoms with Crippen molar-refractivity contribution in [3.63, 3.8) is 0 Å². The van der Waals surface area contributed by atoms with Crippen LogP contribution in [-0.2, 0) is 7.05 Å². The van der Waals surface area contributed by atoms with E-state index in [4.69, 9.17) is 0 Å². The van der Waals surface area contributed by atoms with E-state index in [1.54, 1.807) is 0 Å². The van der Waals surface area contributed by atoms with Crippen LogP contribution in [0.2, 0.25) is 0 Å². The number of anilines is 2. The van der Waals surface area contributed by atoms with Crippen LogP contribution in [-0.4, -0.2) is 28.2 Å². The topological polar surface area (TPSA) is 10.4 Å². The third-order valence-electron chi connectivity index (χ3n) is 6.32. The van der Waals surface area contributed by atoms with Crippen LogP contribution >= 0.6 is 0 Å². The van der Waals surface area contributed by atoms with Gasteiger partial charge in [-0.05, 0) is 40.6 Å². The van der Waals surface area contributed by atoms with Crippen molar-refractivity contribution in [3.05, 3.63) is 78.9 Å². The number of fused-ring (bicyclic) bond motifs is 3. The van der Waals surface area contributed by atoms with E-state index < -0.39 is 0 Å². The SMILES string of the molecule is CN(C)c1ccc2c(-c3cccc4ccccc34)c3ccc(N(C)C)cc3[n+](C)c2c1. The van der Waals surface area contributed by atoms with E-state index in [-0.39, 0.29) is 0 Å². The molecule has 3 nitrogen and oxygen atoms in total. The van der Waals surface area contributed by atoms with Gasteiger partial charge >= 0.3 is 0 Å². The lowest BCUT2D eigenvalue weighted by Gasteiger charge is -2.17. The van der Waals surface area contributed by atoms with Gasteiger partial charge in [-0.2, -0.15) is 4.57 Å². The maximum absolute atomic E-state index is 2.33. The van der Waals surface area contributed by atoms with Crippen molar-refractivity contribution >= 4 is 44.0 Å². The second kappa shape index (κ2) is 7.28. The van der Waals surface area contributed by atoms with Gasteiger partial charge in [-0.1, -0.05) is 42.5 Å². The number of aromatic nitrogens is 1. The van der Waals surface area contributed by atoms with Gasteiger partial charge in [0, 0.05) is 57.3 Å². The number of pyridine rings is 1. The van der Waals surface area contributed by atoms with Gasteiger partial charge in [-0.3, -0.25) is 0 Å². The number of benzene rings is 4. The molecule has 0 amide bonds. The Morgan fingerprint density at radius 1 is 0.581 bits per heavy atom. The molecular formula is C28H28N3+. The Labute approximate surface area is 183 Å². The molecule has 0 N–H and O–H groups in total. The summed E-state index contributed by atoms with van der Waals surface area (Å²) < 4.78 is 2.33. The Morgan fingerprint density at radius 3 is 1.71 bits per heavy atom. The highest BCUT2D eigenvalue weighted by Gasteiger charge is 2.21. The van der Waals surface area contributed by atoms with Crippen LogP contribution in [0.4, 0.5) is 11.4 Å². The summed E-state index contributed by atoms with van der Waals surface area (Å²) in [4.78, 5) is 4.33. The quantitative estimate of drug-likeness (QED) is 0.278. The van der Waals surface area contributed by atoms with Crippen LogP contribution < -0.4 is 14.4 Å². The lowest BCUT2D eigenvalue weighted by molar-refractivity contribution is -0.617. The van der Waals surface area contributed by atoms with E-state index in [1.165, 1.54) is 55.1 Å². The Morgan fingerprint density at radius 2 is 1.13 bits per heavy atom. The van der Waals surface area contributed by atoms with Crippen molar-refractivity contribution < 1.29 is 4.57 Å². The van der Waals surface area contributed by atoms with Crippen LogP contribution in [0.25, 0.3) is 43.7 Å². The summed E-state index contributed by atoms with van der Waals surface area (Å²) in [6, 6.07) is 28.9. The Bertz CT molecular complexity index is 1370. The third-order valence-corrected chi connectivity index (χ3v) is 6.32. The van der Waals surface area contributed by atoms with Crippen molar-refractivity contribution in [3.8, 4) is 11.1 Å². The fourth-order valence-electron chi connectivity index (χ4n) is 4.58. The number of hydrogen-bond donors (Lipinski definition) is 0. The van der Waals surface area contributed by atoms with Crippen LogP contribution in [0.1, 0.15) is 0 Å². The maximum atomic E-state index is 2.33. The zero-order valence-corrected chi connectivity index (χ0v) is 18.8. The fraction of sp³-hybridized carbons (Fsp3) is 0.179. The predicted octanol–water partition coefficient (Wildman–Crippen LogP) is 5.77. The van der Waals surface area contributed by atoms with Crippen molar-refractivity contribution in [1.29, 1.82) is 0 Å². The highest BCUT2D eigenvalue weighted by atomic mass is 15.1. The fourth-order valence-corrected chi connectivity index (χ4v) is 4.58. The van der Waals surface area contributed by atoms with E-state index in [9.17, 15) is 0 Å². The van der Waals surface area contributed by atoms with Crippen LogP contribution in [0.5, 0.6) is 0 Å².